The minimum Gasteiger partial charge on any atom is -0.384 e. The molecular weight excluding hydrogens is 312 g/mol. The first-order valence-corrected chi connectivity index (χ1v) is 5.81. The van der Waals surface area contributed by atoms with E-state index in [2.05, 4.69) is 0 Å². The Morgan fingerprint density at radius 1 is 1.17 bits per heavy atom. The van der Waals surface area contributed by atoms with Crippen LogP contribution in [0.25, 0.3) is 11.1 Å². The Morgan fingerprint density at radius 3 is 2.30 bits per heavy atom. The number of nitro groups is 1. The Kier molecular flexibility index (Phi) is 3.75. The average molecular weight is 317 g/mol. The summed E-state index contributed by atoms with van der Waals surface area (Å²) in [4.78, 5) is 23.4. The lowest BCUT2D eigenvalue weighted by Crippen LogP contribution is -2.16. The number of aromatic amines is 1. The quantitative estimate of drug-likeness (QED) is 0.633. The molecule has 0 aliphatic heterocycles. The molecule has 1 aromatic carbocycles. The number of nitrogens with one attached hydrogen (secondary N) is 1. The van der Waals surface area contributed by atoms with Crippen molar-refractivity contribution in [3.8, 4) is 23.3 Å². The van der Waals surface area contributed by atoms with Gasteiger partial charge in [-0.2, -0.15) is 14.9 Å². The van der Waals surface area contributed by atoms with E-state index in [9.17, 15) is 23.7 Å². The van der Waals surface area contributed by atoms with E-state index in [0.29, 0.717) is 6.07 Å². The van der Waals surface area contributed by atoms with Gasteiger partial charge in [-0.1, -0.05) is 0 Å². The van der Waals surface area contributed by atoms with Crippen molar-refractivity contribution in [2.24, 2.45) is 0 Å². The molecule has 0 radical (unpaired) electrons. The lowest BCUT2D eigenvalue weighted by atomic mass is 9.95. The van der Waals surface area contributed by atoms with Crippen molar-refractivity contribution in [1.82, 2.24) is 4.98 Å². The van der Waals surface area contributed by atoms with Crippen LogP contribution in [0.1, 0.15) is 11.1 Å². The Morgan fingerprint density at radius 2 is 1.78 bits per heavy atom. The number of nitriles is 2. The van der Waals surface area contributed by atoms with Crippen LogP contribution in [-0.2, 0) is 0 Å². The van der Waals surface area contributed by atoms with Crippen LogP contribution in [0.3, 0.4) is 0 Å². The monoisotopic (exact) mass is 317 g/mol. The lowest BCUT2D eigenvalue weighted by Gasteiger charge is -2.09. The van der Waals surface area contributed by atoms with E-state index in [0.717, 1.165) is 0 Å². The summed E-state index contributed by atoms with van der Waals surface area (Å²) in [5, 5.41) is 28.9. The number of nitrogen functional groups attached to an aromatic ring is 1. The van der Waals surface area contributed by atoms with Gasteiger partial charge in [0.15, 0.2) is 0 Å². The van der Waals surface area contributed by atoms with Gasteiger partial charge in [0, 0.05) is 23.3 Å². The van der Waals surface area contributed by atoms with Crippen molar-refractivity contribution >= 4 is 11.5 Å². The summed E-state index contributed by atoms with van der Waals surface area (Å²) in [7, 11) is 0. The van der Waals surface area contributed by atoms with Crippen LogP contribution < -0.4 is 11.3 Å². The average Bonchev–Trinajstić information content (AvgIpc) is 2.46. The van der Waals surface area contributed by atoms with Gasteiger partial charge in [-0.3, -0.25) is 14.9 Å². The summed E-state index contributed by atoms with van der Waals surface area (Å²) in [6.45, 7) is 0. The third kappa shape index (κ3) is 2.45. The maximum Gasteiger partial charge on any atom is 0.305 e. The molecule has 0 atom stereocenters. The topological polar surface area (TPSA) is 150 Å². The van der Waals surface area contributed by atoms with E-state index in [1.165, 1.54) is 6.07 Å². The van der Waals surface area contributed by atoms with E-state index in [1.54, 1.807) is 6.07 Å². The van der Waals surface area contributed by atoms with E-state index >= 15 is 0 Å². The predicted molar refractivity (Wildman–Crippen MR) is 72.9 cm³/mol. The van der Waals surface area contributed by atoms with E-state index in [4.69, 9.17) is 16.3 Å². The number of nitrogens with zero attached hydrogens (tertiary/aromatic N) is 3. The number of anilines is 1. The van der Waals surface area contributed by atoms with Gasteiger partial charge in [-0.15, -0.1) is 0 Å². The maximum atomic E-state index is 14.0. The van der Waals surface area contributed by atoms with Crippen LogP contribution in [0.4, 0.5) is 20.3 Å². The summed E-state index contributed by atoms with van der Waals surface area (Å²) < 4.78 is 27.5. The summed E-state index contributed by atoms with van der Waals surface area (Å²) in [5.41, 5.74) is 1.06. The first-order chi connectivity index (χ1) is 10.8. The molecule has 23 heavy (non-hydrogen) atoms. The minimum atomic E-state index is -1.44. The number of nitro benzene ring substituents is 1. The largest absolute Gasteiger partial charge is 0.384 e. The second-order valence-corrected chi connectivity index (χ2v) is 4.26. The fourth-order valence-corrected chi connectivity index (χ4v) is 1.98. The SMILES string of the molecule is N#Cc1c(N)[nH]c(=O)c(C#N)c1-c1cc([N+](=O)[O-])c(F)cc1F. The molecule has 0 fully saturated rings. The van der Waals surface area contributed by atoms with E-state index in [1.807, 2.05) is 4.98 Å². The number of benzene rings is 1. The molecule has 1 heterocycles. The number of hydrogen-bond acceptors (Lipinski definition) is 6. The molecule has 0 spiro atoms. The summed E-state index contributed by atoms with van der Waals surface area (Å²) in [5.74, 6) is -3.17. The molecule has 0 saturated carbocycles. The Bertz CT molecular complexity index is 985. The highest BCUT2D eigenvalue weighted by Gasteiger charge is 2.25. The Labute approximate surface area is 126 Å². The summed E-state index contributed by atoms with van der Waals surface area (Å²) in [6, 6.07) is 3.78. The van der Waals surface area contributed by atoms with Crippen LogP contribution in [0.2, 0.25) is 0 Å². The lowest BCUT2D eigenvalue weighted by molar-refractivity contribution is -0.387. The molecule has 0 aliphatic rings. The highest BCUT2D eigenvalue weighted by molar-refractivity contribution is 5.81. The Hall–Kier alpha value is -3.79. The zero-order chi connectivity index (χ0) is 17.3. The number of pyridine rings is 1. The van der Waals surface area contributed by atoms with Crippen LogP contribution in [0.15, 0.2) is 16.9 Å². The molecule has 0 bridgehead atoms. The minimum absolute atomic E-state index is 0.229. The fourth-order valence-electron chi connectivity index (χ4n) is 1.98. The predicted octanol–water partition coefficient (Wildman–Crippen LogP) is 1.55. The number of aromatic nitrogens is 1. The van der Waals surface area contributed by atoms with E-state index in [-0.39, 0.29) is 6.07 Å². The standard InChI is InChI=1S/C13H5F2N5O3/c14-8-2-9(15)10(20(22)23)1-5(8)11-6(3-16)12(18)19-13(21)7(11)4-17/h1-2H,(H3,18,19,21). The summed E-state index contributed by atoms with van der Waals surface area (Å²) in [6.07, 6.45) is 0. The van der Waals surface area contributed by atoms with Gasteiger partial charge in [0.25, 0.3) is 5.56 Å². The number of nitrogens with two attached hydrogens (primary N) is 1. The molecule has 1 aromatic heterocycles. The molecule has 114 valence electrons. The molecular formula is C13H5F2N5O3. The molecule has 0 unspecified atom stereocenters. The van der Waals surface area contributed by atoms with Crippen molar-refractivity contribution in [2.45, 2.75) is 0 Å². The highest BCUT2D eigenvalue weighted by Crippen LogP contribution is 2.33. The van der Waals surface area contributed by atoms with Crippen LogP contribution in [0, 0.1) is 44.4 Å². The number of H-pyrrole nitrogens is 1. The molecule has 2 rings (SSSR count). The third-order valence-electron chi connectivity index (χ3n) is 2.97. The smallest absolute Gasteiger partial charge is 0.305 e. The normalized spacial score (nSPS) is 9.91. The zero-order valence-electron chi connectivity index (χ0n) is 11.1. The van der Waals surface area contributed by atoms with Crippen molar-refractivity contribution in [2.75, 3.05) is 5.73 Å². The van der Waals surface area contributed by atoms with Gasteiger partial charge in [-0.05, 0) is 0 Å². The molecule has 0 saturated heterocycles. The highest BCUT2D eigenvalue weighted by atomic mass is 19.1. The molecule has 0 aliphatic carbocycles. The summed E-state index contributed by atoms with van der Waals surface area (Å²) >= 11 is 0. The van der Waals surface area contributed by atoms with Crippen molar-refractivity contribution < 1.29 is 13.7 Å². The van der Waals surface area contributed by atoms with Crippen molar-refractivity contribution in [3.05, 3.63) is 55.4 Å². The van der Waals surface area contributed by atoms with Gasteiger partial charge >= 0.3 is 5.69 Å². The first-order valence-electron chi connectivity index (χ1n) is 5.81. The molecule has 10 heteroatoms. The molecule has 0 amide bonds. The van der Waals surface area contributed by atoms with Crippen LogP contribution in [-0.4, -0.2) is 9.91 Å². The number of hydrogen-bond donors (Lipinski definition) is 2. The fraction of sp³-hybridized carbons (Fsp3) is 0. The zero-order valence-corrected chi connectivity index (χ0v) is 11.1. The second kappa shape index (κ2) is 5.54. The first kappa shape index (κ1) is 15.6. The van der Waals surface area contributed by atoms with Gasteiger partial charge in [0.05, 0.1) is 4.92 Å². The maximum absolute atomic E-state index is 14.0. The third-order valence-corrected chi connectivity index (χ3v) is 2.97. The number of rotatable bonds is 2. The van der Waals surface area contributed by atoms with Gasteiger partial charge in [0.1, 0.15) is 34.9 Å². The Balaban J connectivity index is 3.02. The van der Waals surface area contributed by atoms with Gasteiger partial charge in [-0.25, -0.2) is 4.39 Å². The van der Waals surface area contributed by atoms with Gasteiger partial charge < -0.3 is 10.7 Å². The molecule has 2 aromatic rings. The van der Waals surface area contributed by atoms with Crippen molar-refractivity contribution in [1.29, 1.82) is 10.5 Å². The number of halogens is 2. The molecule has 3 N–H and O–H groups in total. The molecule has 8 nitrogen and oxygen atoms in total. The van der Waals surface area contributed by atoms with Gasteiger partial charge in [0.2, 0.25) is 5.82 Å². The van der Waals surface area contributed by atoms with Crippen LogP contribution in [0.5, 0.6) is 0 Å². The van der Waals surface area contributed by atoms with Crippen LogP contribution >= 0.6 is 0 Å². The van der Waals surface area contributed by atoms with E-state index < -0.39 is 55.9 Å². The van der Waals surface area contributed by atoms with Crippen molar-refractivity contribution in [3.63, 3.8) is 0 Å². The second-order valence-electron chi connectivity index (χ2n) is 4.26.